The maximum Gasteiger partial charge on any atom is 0.273 e. The van der Waals surface area contributed by atoms with Crippen LogP contribution in [-0.2, 0) is 6.54 Å². The van der Waals surface area contributed by atoms with Crippen molar-refractivity contribution in [3.63, 3.8) is 0 Å². The molecule has 2 aromatic rings. The molecule has 1 saturated carbocycles. The minimum atomic E-state index is -0.159. The smallest absolute Gasteiger partial charge is 0.273 e. The lowest BCUT2D eigenvalue weighted by atomic mass is 9.98. The van der Waals surface area contributed by atoms with E-state index in [4.69, 9.17) is 4.42 Å². The lowest BCUT2D eigenvalue weighted by molar-refractivity contribution is 0.0593. The molecule has 0 spiro atoms. The Hall–Kier alpha value is -2.64. The largest absolute Gasteiger partial charge is 0.472 e. The monoisotopic (exact) mass is 357 g/mol. The minimum Gasteiger partial charge on any atom is -0.472 e. The number of rotatable bonds is 6. The number of nitrogens with zero attached hydrogens (tertiary/aromatic N) is 4. The van der Waals surface area contributed by atoms with Gasteiger partial charge in [-0.15, -0.1) is 5.10 Å². The maximum absolute atomic E-state index is 12.7. The molecular weight excluding hydrogens is 334 g/mol. The van der Waals surface area contributed by atoms with Gasteiger partial charge in [0.05, 0.1) is 18.0 Å². The van der Waals surface area contributed by atoms with E-state index in [0.29, 0.717) is 23.8 Å². The summed E-state index contributed by atoms with van der Waals surface area (Å²) in [6.45, 7) is 1.39. The zero-order valence-electron chi connectivity index (χ0n) is 14.6. The molecule has 2 aromatic heterocycles. The van der Waals surface area contributed by atoms with Gasteiger partial charge in [-0.3, -0.25) is 14.3 Å². The summed E-state index contributed by atoms with van der Waals surface area (Å²) in [7, 11) is 0. The van der Waals surface area contributed by atoms with Gasteiger partial charge < -0.3 is 14.6 Å². The molecule has 8 heteroatoms. The molecular formula is C18H23N5O3. The lowest BCUT2D eigenvalue weighted by Gasteiger charge is -2.35. The van der Waals surface area contributed by atoms with Gasteiger partial charge in [-0.1, -0.05) is 5.21 Å². The van der Waals surface area contributed by atoms with E-state index in [9.17, 15) is 9.59 Å². The van der Waals surface area contributed by atoms with Crippen molar-refractivity contribution in [2.24, 2.45) is 0 Å². The summed E-state index contributed by atoms with van der Waals surface area (Å²) in [5.41, 5.74) is 0.948. The molecule has 0 radical (unpaired) electrons. The number of piperidine rings is 1. The van der Waals surface area contributed by atoms with Crippen molar-refractivity contribution in [1.29, 1.82) is 0 Å². The normalized spacial score (nSPS) is 20.2. The molecule has 138 valence electrons. The Morgan fingerprint density at radius 2 is 2.15 bits per heavy atom. The first kappa shape index (κ1) is 16.8. The second-order valence-corrected chi connectivity index (χ2v) is 7.06. The van der Waals surface area contributed by atoms with Crippen molar-refractivity contribution >= 4 is 11.8 Å². The second-order valence-electron chi connectivity index (χ2n) is 7.06. The third-order valence-corrected chi connectivity index (χ3v) is 5.03. The Morgan fingerprint density at radius 3 is 2.92 bits per heavy atom. The topological polar surface area (TPSA) is 93.3 Å². The Labute approximate surface area is 151 Å². The molecule has 0 bridgehead atoms. The van der Waals surface area contributed by atoms with Crippen LogP contribution < -0.4 is 5.32 Å². The van der Waals surface area contributed by atoms with E-state index < -0.39 is 0 Å². The number of amides is 2. The summed E-state index contributed by atoms with van der Waals surface area (Å²) >= 11 is 0. The predicted molar refractivity (Wildman–Crippen MR) is 92.5 cm³/mol. The molecule has 0 aromatic carbocycles. The number of nitrogens with one attached hydrogen (secondary N) is 1. The average Bonchev–Trinajstić information content (AvgIpc) is 3.15. The van der Waals surface area contributed by atoms with Crippen LogP contribution >= 0.6 is 0 Å². The summed E-state index contributed by atoms with van der Waals surface area (Å²) in [5.74, 6) is -0.139. The summed E-state index contributed by atoms with van der Waals surface area (Å²) in [6.07, 6.45) is 10.7. The average molecular weight is 357 g/mol. The minimum absolute atomic E-state index is 0.0199. The van der Waals surface area contributed by atoms with E-state index in [1.165, 1.54) is 12.5 Å². The number of hydrogen-bond acceptors (Lipinski definition) is 5. The van der Waals surface area contributed by atoms with Crippen LogP contribution in [0.15, 0.2) is 29.2 Å². The molecule has 8 nitrogen and oxygen atoms in total. The molecule has 1 aliphatic carbocycles. The highest BCUT2D eigenvalue weighted by Crippen LogP contribution is 2.23. The van der Waals surface area contributed by atoms with Gasteiger partial charge in [0, 0.05) is 25.2 Å². The maximum atomic E-state index is 12.7. The SMILES string of the molecule is O=C(NC1CC1)c1cn(CCC2CCCCN2C(=O)c2ccoc2)nn1. The van der Waals surface area contributed by atoms with Crippen LogP contribution in [0.1, 0.15) is 59.4 Å². The van der Waals surface area contributed by atoms with Crippen LogP contribution in [0.5, 0.6) is 0 Å². The van der Waals surface area contributed by atoms with E-state index in [0.717, 1.165) is 45.1 Å². The van der Waals surface area contributed by atoms with Gasteiger partial charge in [-0.2, -0.15) is 0 Å². The van der Waals surface area contributed by atoms with Crippen molar-refractivity contribution in [3.8, 4) is 0 Å². The van der Waals surface area contributed by atoms with E-state index in [2.05, 4.69) is 15.6 Å². The number of carbonyl (C=O) groups is 2. The summed E-state index contributed by atoms with van der Waals surface area (Å²) in [4.78, 5) is 26.6. The fourth-order valence-corrected chi connectivity index (χ4v) is 3.40. The molecule has 1 saturated heterocycles. The molecule has 26 heavy (non-hydrogen) atoms. The van der Waals surface area contributed by atoms with Crippen molar-refractivity contribution in [3.05, 3.63) is 36.0 Å². The molecule has 4 rings (SSSR count). The summed E-state index contributed by atoms with van der Waals surface area (Å²) < 4.78 is 6.73. The van der Waals surface area contributed by atoms with Crippen LogP contribution in [0.4, 0.5) is 0 Å². The molecule has 2 aliphatic rings. The van der Waals surface area contributed by atoms with Crippen molar-refractivity contribution in [2.45, 2.75) is 57.2 Å². The molecule has 1 aliphatic heterocycles. The number of furan rings is 1. The first-order chi connectivity index (χ1) is 12.7. The Bertz CT molecular complexity index is 766. The highest BCUT2D eigenvalue weighted by atomic mass is 16.3. The number of hydrogen-bond donors (Lipinski definition) is 1. The van der Waals surface area contributed by atoms with Gasteiger partial charge in [0.1, 0.15) is 6.26 Å². The Kier molecular flexibility index (Phi) is 4.73. The number of carbonyl (C=O) groups excluding carboxylic acids is 2. The fourth-order valence-electron chi connectivity index (χ4n) is 3.40. The molecule has 1 atom stereocenters. The van der Waals surface area contributed by atoms with Crippen molar-refractivity contribution in [2.75, 3.05) is 6.54 Å². The van der Waals surface area contributed by atoms with Gasteiger partial charge in [0.15, 0.2) is 5.69 Å². The lowest BCUT2D eigenvalue weighted by Crippen LogP contribution is -2.44. The first-order valence-corrected chi connectivity index (χ1v) is 9.25. The molecule has 2 fully saturated rings. The van der Waals surface area contributed by atoms with Crippen LogP contribution in [0, 0.1) is 0 Å². The van der Waals surface area contributed by atoms with Crippen molar-refractivity contribution < 1.29 is 14.0 Å². The van der Waals surface area contributed by atoms with E-state index in [1.807, 2.05) is 4.90 Å². The highest BCUT2D eigenvalue weighted by Gasteiger charge is 2.28. The van der Waals surface area contributed by atoms with Crippen LogP contribution in [-0.4, -0.2) is 50.3 Å². The third-order valence-electron chi connectivity index (χ3n) is 5.03. The molecule has 1 N–H and O–H groups in total. The quantitative estimate of drug-likeness (QED) is 0.851. The first-order valence-electron chi connectivity index (χ1n) is 9.25. The predicted octanol–water partition coefficient (Wildman–Crippen LogP) is 1.85. The van der Waals surface area contributed by atoms with Gasteiger partial charge in [0.2, 0.25) is 0 Å². The third kappa shape index (κ3) is 3.79. The van der Waals surface area contributed by atoms with Crippen LogP contribution in [0.2, 0.25) is 0 Å². The number of likely N-dealkylation sites (tertiary alicyclic amines) is 1. The highest BCUT2D eigenvalue weighted by molar-refractivity contribution is 5.94. The van der Waals surface area contributed by atoms with E-state index in [1.54, 1.807) is 16.9 Å². The number of aryl methyl sites for hydroxylation is 1. The fraction of sp³-hybridized carbons (Fsp3) is 0.556. The van der Waals surface area contributed by atoms with Crippen molar-refractivity contribution in [1.82, 2.24) is 25.2 Å². The number of aromatic nitrogens is 3. The van der Waals surface area contributed by atoms with E-state index >= 15 is 0 Å². The van der Waals surface area contributed by atoms with Gasteiger partial charge in [-0.05, 0) is 44.6 Å². The Morgan fingerprint density at radius 1 is 1.27 bits per heavy atom. The van der Waals surface area contributed by atoms with Gasteiger partial charge >= 0.3 is 0 Å². The molecule has 3 heterocycles. The van der Waals surface area contributed by atoms with E-state index in [-0.39, 0.29) is 17.9 Å². The summed E-state index contributed by atoms with van der Waals surface area (Å²) in [5, 5.41) is 10.9. The summed E-state index contributed by atoms with van der Waals surface area (Å²) in [6, 6.07) is 2.17. The van der Waals surface area contributed by atoms with Gasteiger partial charge in [-0.25, -0.2) is 0 Å². The standard InChI is InChI=1S/C18H23N5O3/c24-17(19-14-4-5-14)16-11-22(21-20-16)9-6-15-3-1-2-8-23(15)18(25)13-7-10-26-12-13/h7,10-12,14-15H,1-6,8-9H2,(H,19,24). The van der Waals surface area contributed by atoms with Gasteiger partial charge in [0.25, 0.3) is 11.8 Å². The zero-order chi connectivity index (χ0) is 17.9. The Balaban J connectivity index is 1.35. The zero-order valence-corrected chi connectivity index (χ0v) is 14.6. The van der Waals surface area contributed by atoms with Crippen LogP contribution in [0.25, 0.3) is 0 Å². The molecule has 1 unspecified atom stereocenters. The van der Waals surface area contributed by atoms with Crippen LogP contribution in [0.3, 0.4) is 0 Å². The second kappa shape index (κ2) is 7.31. The molecule has 2 amide bonds.